The number of carboxylic acids is 1. The highest BCUT2D eigenvalue weighted by Crippen LogP contribution is 2.44. The summed E-state index contributed by atoms with van der Waals surface area (Å²) in [7, 11) is 0. The number of aryl methyl sites for hydroxylation is 1. The Balaban J connectivity index is 1.44. The summed E-state index contributed by atoms with van der Waals surface area (Å²) in [5, 5.41) is 32.9. The molecule has 0 saturated heterocycles. The molecule has 3 N–H and O–H groups in total. The minimum Gasteiger partial charge on any atom is -0.482 e. The van der Waals surface area contributed by atoms with Crippen LogP contribution in [0.25, 0.3) is 10.8 Å². The number of carbonyl (C=O) groups excluding carboxylic acids is 1. The summed E-state index contributed by atoms with van der Waals surface area (Å²) in [6, 6.07) is 21.5. The molecule has 37 heavy (non-hydrogen) atoms. The van der Waals surface area contributed by atoms with E-state index in [1.54, 1.807) is 44.2 Å². The van der Waals surface area contributed by atoms with E-state index in [0.29, 0.717) is 25.0 Å². The van der Waals surface area contributed by atoms with Crippen LogP contribution in [-0.4, -0.2) is 45.9 Å². The summed E-state index contributed by atoms with van der Waals surface area (Å²) < 4.78 is 5.27. The van der Waals surface area contributed by atoms with Gasteiger partial charge in [-0.3, -0.25) is 4.79 Å². The quantitative estimate of drug-likeness (QED) is 0.350. The van der Waals surface area contributed by atoms with E-state index in [2.05, 4.69) is 30.3 Å². The topological polar surface area (TPSA) is 104 Å². The van der Waals surface area contributed by atoms with E-state index in [1.807, 2.05) is 18.2 Å². The Bertz CT molecular complexity index is 1290. The molecule has 3 aromatic rings. The molecule has 0 unspecified atom stereocenters. The van der Waals surface area contributed by atoms with Crippen molar-refractivity contribution in [1.29, 1.82) is 0 Å². The number of rotatable bonds is 10. The first kappa shape index (κ1) is 26.6. The molecule has 3 aromatic carbocycles. The van der Waals surface area contributed by atoms with Crippen molar-refractivity contribution < 1.29 is 29.6 Å². The van der Waals surface area contributed by atoms with Gasteiger partial charge in [-0.2, -0.15) is 0 Å². The van der Waals surface area contributed by atoms with Crippen LogP contribution in [0.1, 0.15) is 31.4 Å². The van der Waals surface area contributed by atoms with E-state index in [-0.39, 0.29) is 5.78 Å². The normalized spacial score (nSPS) is 21.9. The van der Waals surface area contributed by atoms with Crippen LogP contribution in [0.2, 0.25) is 0 Å². The molecule has 194 valence electrons. The molecule has 0 amide bonds. The molecule has 1 aliphatic rings. The number of aliphatic hydroxyl groups excluding tert-OH is 2. The number of Topliss-reactive ketones (excluding diaryl/α,β-unsaturated/α-hetero) is 1. The average Bonchev–Trinajstić information content (AvgIpc) is 3.04. The Kier molecular flexibility index (Phi) is 8.10. The zero-order chi connectivity index (χ0) is 26.6. The standard InChI is InChI=1S/C31H34O6/c1-31(2)29(35)26(27(30(31)36)18-21-6-5-9-25(17-21)37-19-28(33)34)15-14-24(32)13-11-20-10-12-22-7-3-4-8-23(22)16-20/h3-10,12,14-17,24,26-27,29,32,35H,11,13,18-19H2,1-2H3,(H,33,34)/b15-14+/t24-,26+,27+,29-/m0/s1. The first-order chi connectivity index (χ1) is 17.6. The van der Waals surface area contributed by atoms with Gasteiger partial charge in [-0.15, -0.1) is 0 Å². The maximum Gasteiger partial charge on any atom is 0.341 e. The van der Waals surface area contributed by atoms with Crippen molar-refractivity contribution in [3.8, 4) is 5.75 Å². The van der Waals surface area contributed by atoms with Crippen LogP contribution in [-0.2, 0) is 22.4 Å². The van der Waals surface area contributed by atoms with E-state index in [9.17, 15) is 19.8 Å². The molecule has 0 aromatic heterocycles. The number of benzene rings is 3. The van der Waals surface area contributed by atoms with Gasteiger partial charge in [0.25, 0.3) is 0 Å². The van der Waals surface area contributed by atoms with Crippen LogP contribution in [0.4, 0.5) is 0 Å². The molecule has 4 atom stereocenters. The van der Waals surface area contributed by atoms with Gasteiger partial charge in [-0.05, 0) is 53.3 Å². The lowest BCUT2D eigenvalue weighted by atomic mass is 9.86. The van der Waals surface area contributed by atoms with Crippen molar-refractivity contribution in [1.82, 2.24) is 0 Å². The maximum absolute atomic E-state index is 13.2. The van der Waals surface area contributed by atoms with Crippen LogP contribution < -0.4 is 4.74 Å². The molecule has 0 radical (unpaired) electrons. The molecular formula is C31H34O6. The van der Waals surface area contributed by atoms with Crippen LogP contribution in [0.3, 0.4) is 0 Å². The van der Waals surface area contributed by atoms with Crippen LogP contribution in [0, 0.1) is 17.3 Å². The third-order valence-corrected chi connectivity index (χ3v) is 7.35. The second-order valence-electron chi connectivity index (χ2n) is 10.4. The fourth-order valence-electron chi connectivity index (χ4n) is 5.19. The Morgan fingerprint density at radius 1 is 1.03 bits per heavy atom. The predicted molar refractivity (Wildman–Crippen MR) is 142 cm³/mol. The molecule has 0 heterocycles. The highest BCUT2D eigenvalue weighted by Gasteiger charge is 2.53. The molecule has 0 spiro atoms. The van der Waals surface area contributed by atoms with Crippen LogP contribution >= 0.6 is 0 Å². The maximum atomic E-state index is 13.2. The Morgan fingerprint density at radius 2 is 1.78 bits per heavy atom. The Hall–Kier alpha value is -3.48. The molecule has 1 fully saturated rings. The monoisotopic (exact) mass is 502 g/mol. The van der Waals surface area contributed by atoms with Gasteiger partial charge in [0.15, 0.2) is 6.61 Å². The van der Waals surface area contributed by atoms with Gasteiger partial charge in [-0.1, -0.05) is 80.6 Å². The second kappa shape index (κ2) is 11.3. The highest BCUT2D eigenvalue weighted by molar-refractivity contribution is 5.90. The minimum absolute atomic E-state index is 0.0304. The first-order valence-electron chi connectivity index (χ1n) is 12.6. The molecule has 0 aliphatic heterocycles. The van der Waals surface area contributed by atoms with Gasteiger partial charge >= 0.3 is 5.97 Å². The second-order valence-corrected chi connectivity index (χ2v) is 10.4. The lowest BCUT2D eigenvalue weighted by molar-refractivity contribution is -0.139. The minimum atomic E-state index is -1.06. The lowest BCUT2D eigenvalue weighted by Gasteiger charge is -2.22. The first-order valence-corrected chi connectivity index (χ1v) is 12.6. The number of ether oxygens (including phenoxy) is 1. The molecule has 6 heteroatoms. The summed E-state index contributed by atoms with van der Waals surface area (Å²) in [6.07, 6.45) is 3.53. The molecule has 1 saturated carbocycles. The number of hydrogen-bond donors (Lipinski definition) is 3. The smallest absolute Gasteiger partial charge is 0.341 e. The highest BCUT2D eigenvalue weighted by atomic mass is 16.5. The van der Waals surface area contributed by atoms with Gasteiger partial charge in [0.2, 0.25) is 0 Å². The van der Waals surface area contributed by atoms with Crippen molar-refractivity contribution in [3.05, 3.63) is 90.0 Å². The fraction of sp³-hybridized carbons (Fsp3) is 0.355. The van der Waals surface area contributed by atoms with Gasteiger partial charge in [-0.25, -0.2) is 4.79 Å². The van der Waals surface area contributed by atoms with E-state index in [0.717, 1.165) is 11.1 Å². The number of carboxylic acid groups (broad SMARTS) is 1. The van der Waals surface area contributed by atoms with Crippen LogP contribution in [0.5, 0.6) is 5.75 Å². The van der Waals surface area contributed by atoms with Crippen LogP contribution in [0.15, 0.2) is 78.9 Å². The number of ketones is 1. The van der Waals surface area contributed by atoms with Gasteiger partial charge in [0, 0.05) is 11.8 Å². The predicted octanol–water partition coefficient (Wildman–Crippen LogP) is 4.60. The van der Waals surface area contributed by atoms with Gasteiger partial charge < -0.3 is 20.1 Å². The zero-order valence-corrected chi connectivity index (χ0v) is 21.2. The van der Waals surface area contributed by atoms with E-state index in [4.69, 9.17) is 9.84 Å². The average molecular weight is 503 g/mol. The summed E-state index contributed by atoms with van der Waals surface area (Å²) >= 11 is 0. The molecule has 4 rings (SSSR count). The number of carbonyl (C=O) groups is 2. The number of fused-ring (bicyclic) bond motifs is 1. The number of hydrogen-bond acceptors (Lipinski definition) is 5. The van der Waals surface area contributed by atoms with Crippen molar-refractivity contribution in [3.63, 3.8) is 0 Å². The molecule has 1 aliphatic carbocycles. The van der Waals surface area contributed by atoms with E-state index < -0.39 is 42.0 Å². The summed E-state index contributed by atoms with van der Waals surface area (Å²) in [4.78, 5) is 24.1. The third-order valence-electron chi connectivity index (χ3n) is 7.35. The van der Waals surface area contributed by atoms with E-state index >= 15 is 0 Å². The lowest BCUT2D eigenvalue weighted by Crippen LogP contribution is -2.31. The summed E-state index contributed by atoms with van der Waals surface area (Å²) in [6.45, 7) is 3.06. The fourth-order valence-corrected chi connectivity index (χ4v) is 5.19. The SMILES string of the molecule is CC1(C)C(=O)[C@H](Cc2cccc(OCC(=O)O)c2)[C@@H](/C=C/[C@@H](O)CCc2ccc3ccccc3c2)[C@@H]1O. The largest absolute Gasteiger partial charge is 0.482 e. The molecule has 0 bridgehead atoms. The summed E-state index contributed by atoms with van der Waals surface area (Å²) in [5.74, 6) is -1.59. The van der Waals surface area contributed by atoms with Gasteiger partial charge in [0.1, 0.15) is 11.5 Å². The van der Waals surface area contributed by atoms with Crippen molar-refractivity contribution >= 4 is 22.5 Å². The number of aliphatic hydroxyl groups is 2. The zero-order valence-electron chi connectivity index (χ0n) is 21.2. The van der Waals surface area contributed by atoms with E-state index in [1.165, 1.54) is 10.8 Å². The number of aliphatic carboxylic acids is 1. The van der Waals surface area contributed by atoms with Crippen molar-refractivity contribution in [2.75, 3.05) is 6.61 Å². The molecule has 6 nitrogen and oxygen atoms in total. The Labute approximate surface area is 217 Å². The molecular weight excluding hydrogens is 468 g/mol. The van der Waals surface area contributed by atoms with Crippen molar-refractivity contribution in [2.45, 2.75) is 45.3 Å². The summed E-state index contributed by atoms with van der Waals surface area (Å²) in [5.41, 5.74) is 1.06. The Morgan fingerprint density at radius 3 is 2.54 bits per heavy atom. The van der Waals surface area contributed by atoms with Gasteiger partial charge in [0.05, 0.1) is 17.6 Å². The third kappa shape index (κ3) is 6.27. The van der Waals surface area contributed by atoms with Crippen molar-refractivity contribution in [2.24, 2.45) is 17.3 Å².